The lowest BCUT2D eigenvalue weighted by molar-refractivity contribution is 0.189. The summed E-state index contributed by atoms with van der Waals surface area (Å²) in [5, 5.41) is 13.0. The molecule has 1 aromatic carbocycles. The van der Waals surface area contributed by atoms with Crippen LogP contribution >= 0.6 is 11.6 Å². The van der Waals surface area contributed by atoms with Crippen LogP contribution in [0.5, 0.6) is 0 Å². The van der Waals surface area contributed by atoms with Crippen molar-refractivity contribution in [1.82, 2.24) is 0 Å². The number of halogens is 1. The van der Waals surface area contributed by atoms with Crippen molar-refractivity contribution in [1.29, 1.82) is 0 Å². The molecule has 3 heteroatoms. The molecule has 0 radical (unpaired) electrons. The number of anilines is 1. The fraction of sp³-hybridized carbons (Fsp3) is 0.455. The summed E-state index contributed by atoms with van der Waals surface area (Å²) in [6.45, 7) is 4.52. The molecule has 0 spiro atoms. The first kappa shape index (κ1) is 11.3. The van der Waals surface area contributed by atoms with E-state index in [9.17, 15) is 0 Å². The van der Waals surface area contributed by atoms with Crippen LogP contribution in [0.1, 0.15) is 18.9 Å². The van der Waals surface area contributed by atoms with Crippen molar-refractivity contribution >= 4 is 17.3 Å². The van der Waals surface area contributed by atoms with Crippen LogP contribution in [0.15, 0.2) is 18.2 Å². The Balaban J connectivity index is 2.47. The zero-order valence-electron chi connectivity index (χ0n) is 8.55. The fourth-order valence-electron chi connectivity index (χ4n) is 1.13. The summed E-state index contributed by atoms with van der Waals surface area (Å²) in [4.78, 5) is 0. The number of aliphatic hydroxyl groups is 1. The quantitative estimate of drug-likeness (QED) is 0.806. The number of aliphatic hydroxyl groups excluding tert-OH is 1. The van der Waals surface area contributed by atoms with E-state index < -0.39 is 0 Å². The van der Waals surface area contributed by atoms with Crippen LogP contribution in [0.2, 0.25) is 5.02 Å². The van der Waals surface area contributed by atoms with Crippen molar-refractivity contribution in [2.45, 2.75) is 26.4 Å². The molecule has 0 bridgehead atoms. The number of benzene rings is 1. The Morgan fingerprint density at radius 2 is 2.21 bits per heavy atom. The Bertz CT molecular complexity index is 299. The van der Waals surface area contributed by atoms with E-state index in [1.54, 1.807) is 6.92 Å². The third-order valence-electron chi connectivity index (χ3n) is 2.06. The fourth-order valence-corrected chi connectivity index (χ4v) is 1.31. The van der Waals surface area contributed by atoms with Gasteiger partial charge in [-0.15, -0.1) is 0 Å². The third kappa shape index (κ3) is 3.56. The predicted molar refractivity (Wildman–Crippen MR) is 61.0 cm³/mol. The van der Waals surface area contributed by atoms with Gasteiger partial charge in [0.2, 0.25) is 0 Å². The van der Waals surface area contributed by atoms with Gasteiger partial charge in [0, 0.05) is 17.3 Å². The number of nitrogens with one attached hydrogen (secondary N) is 1. The Morgan fingerprint density at radius 3 is 2.79 bits per heavy atom. The molecule has 1 atom stereocenters. The van der Waals surface area contributed by atoms with Gasteiger partial charge in [-0.05, 0) is 38.0 Å². The first-order chi connectivity index (χ1) is 6.59. The average molecular weight is 214 g/mol. The maximum Gasteiger partial charge on any atom is 0.0528 e. The van der Waals surface area contributed by atoms with Gasteiger partial charge < -0.3 is 10.4 Å². The molecule has 0 aromatic heterocycles. The molecular weight excluding hydrogens is 198 g/mol. The molecule has 2 nitrogen and oxygen atoms in total. The lowest BCUT2D eigenvalue weighted by atomic mass is 10.2. The highest BCUT2D eigenvalue weighted by Crippen LogP contribution is 2.19. The molecule has 1 unspecified atom stereocenters. The van der Waals surface area contributed by atoms with Gasteiger partial charge in [-0.3, -0.25) is 0 Å². The lowest BCUT2D eigenvalue weighted by Crippen LogP contribution is -2.09. The van der Waals surface area contributed by atoms with E-state index in [1.807, 2.05) is 25.1 Å². The normalized spacial score (nSPS) is 12.6. The van der Waals surface area contributed by atoms with Crippen molar-refractivity contribution in [3.63, 3.8) is 0 Å². The Hall–Kier alpha value is -0.730. The standard InChI is InChI=1S/C11H16ClNO/c1-8-3-4-10(7-11(8)12)13-6-5-9(2)14/h3-4,7,9,13-14H,5-6H2,1-2H3. The van der Waals surface area contributed by atoms with Crippen LogP contribution in [0.25, 0.3) is 0 Å². The van der Waals surface area contributed by atoms with E-state index >= 15 is 0 Å². The molecule has 0 heterocycles. The second-order valence-electron chi connectivity index (χ2n) is 3.53. The first-order valence-corrected chi connectivity index (χ1v) is 5.15. The largest absolute Gasteiger partial charge is 0.393 e. The van der Waals surface area contributed by atoms with Gasteiger partial charge in [0.25, 0.3) is 0 Å². The van der Waals surface area contributed by atoms with Crippen molar-refractivity contribution in [3.8, 4) is 0 Å². The molecule has 0 aliphatic carbocycles. The molecule has 78 valence electrons. The number of hydrogen-bond acceptors (Lipinski definition) is 2. The van der Waals surface area contributed by atoms with Gasteiger partial charge in [0.05, 0.1) is 6.10 Å². The molecule has 1 aromatic rings. The van der Waals surface area contributed by atoms with Crippen LogP contribution in [0, 0.1) is 6.92 Å². The topological polar surface area (TPSA) is 32.3 Å². The van der Waals surface area contributed by atoms with Crippen LogP contribution in [-0.4, -0.2) is 17.8 Å². The predicted octanol–water partition coefficient (Wildman–Crippen LogP) is 2.83. The lowest BCUT2D eigenvalue weighted by Gasteiger charge is -2.08. The Labute approximate surface area is 89.9 Å². The van der Waals surface area contributed by atoms with Crippen molar-refractivity contribution in [2.75, 3.05) is 11.9 Å². The van der Waals surface area contributed by atoms with Crippen LogP contribution in [-0.2, 0) is 0 Å². The molecular formula is C11H16ClNO. The molecule has 0 aliphatic heterocycles. The molecule has 14 heavy (non-hydrogen) atoms. The SMILES string of the molecule is Cc1ccc(NCCC(C)O)cc1Cl. The summed E-state index contributed by atoms with van der Waals surface area (Å²) in [7, 11) is 0. The molecule has 0 saturated heterocycles. The second-order valence-corrected chi connectivity index (χ2v) is 3.94. The zero-order valence-corrected chi connectivity index (χ0v) is 9.30. The molecule has 0 aliphatic rings. The monoisotopic (exact) mass is 213 g/mol. The third-order valence-corrected chi connectivity index (χ3v) is 2.47. The summed E-state index contributed by atoms with van der Waals surface area (Å²) in [6.07, 6.45) is 0.481. The zero-order chi connectivity index (χ0) is 10.6. The summed E-state index contributed by atoms with van der Waals surface area (Å²) >= 11 is 5.97. The molecule has 0 amide bonds. The minimum atomic E-state index is -0.261. The first-order valence-electron chi connectivity index (χ1n) is 4.77. The molecule has 0 fully saturated rings. The van der Waals surface area contributed by atoms with Crippen LogP contribution in [0.3, 0.4) is 0 Å². The highest BCUT2D eigenvalue weighted by atomic mass is 35.5. The van der Waals surface area contributed by atoms with Gasteiger partial charge in [-0.2, -0.15) is 0 Å². The second kappa shape index (κ2) is 5.23. The van der Waals surface area contributed by atoms with Gasteiger partial charge in [0.1, 0.15) is 0 Å². The van der Waals surface area contributed by atoms with Gasteiger partial charge in [0.15, 0.2) is 0 Å². The van der Waals surface area contributed by atoms with Gasteiger partial charge >= 0.3 is 0 Å². The van der Waals surface area contributed by atoms with Gasteiger partial charge in [-0.1, -0.05) is 17.7 Å². The van der Waals surface area contributed by atoms with E-state index in [1.165, 1.54) is 0 Å². The maximum atomic E-state index is 9.06. The number of rotatable bonds is 4. The molecule has 2 N–H and O–H groups in total. The van der Waals surface area contributed by atoms with E-state index in [2.05, 4.69) is 5.32 Å². The highest BCUT2D eigenvalue weighted by molar-refractivity contribution is 6.31. The molecule has 1 rings (SSSR count). The van der Waals surface area contributed by atoms with E-state index in [4.69, 9.17) is 16.7 Å². The summed E-state index contributed by atoms with van der Waals surface area (Å²) in [5.41, 5.74) is 2.08. The minimum absolute atomic E-state index is 0.261. The average Bonchev–Trinajstić information content (AvgIpc) is 2.10. The Morgan fingerprint density at radius 1 is 1.50 bits per heavy atom. The summed E-state index contributed by atoms with van der Waals surface area (Å²) in [6, 6.07) is 5.87. The van der Waals surface area contributed by atoms with E-state index in [-0.39, 0.29) is 6.10 Å². The van der Waals surface area contributed by atoms with Gasteiger partial charge in [-0.25, -0.2) is 0 Å². The molecule has 0 saturated carbocycles. The van der Waals surface area contributed by atoms with Crippen LogP contribution in [0.4, 0.5) is 5.69 Å². The van der Waals surface area contributed by atoms with Crippen molar-refractivity contribution in [3.05, 3.63) is 28.8 Å². The van der Waals surface area contributed by atoms with E-state index in [0.717, 1.165) is 29.2 Å². The summed E-state index contributed by atoms with van der Waals surface area (Å²) < 4.78 is 0. The van der Waals surface area contributed by atoms with E-state index in [0.29, 0.717) is 0 Å². The van der Waals surface area contributed by atoms with Crippen molar-refractivity contribution < 1.29 is 5.11 Å². The number of aryl methyl sites for hydroxylation is 1. The number of hydrogen-bond donors (Lipinski definition) is 2. The minimum Gasteiger partial charge on any atom is -0.393 e. The van der Waals surface area contributed by atoms with Crippen molar-refractivity contribution in [2.24, 2.45) is 0 Å². The maximum absolute atomic E-state index is 9.06. The highest BCUT2D eigenvalue weighted by Gasteiger charge is 1.98. The smallest absolute Gasteiger partial charge is 0.0528 e. The van der Waals surface area contributed by atoms with Crippen LogP contribution < -0.4 is 5.32 Å². The Kier molecular flexibility index (Phi) is 4.23. The summed E-state index contributed by atoms with van der Waals surface area (Å²) in [5.74, 6) is 0.